The van der Waals surface area contributed by atoms with Crippen LogP contribution in [0, 0.1) is 6.92 Å². The molecule has 0 N–H and O–H groups in total. The molecule has 3 heterocycles. The average Bonchev–Trinajstić information content (AvgIpc) is 3.33. The van der Waals surface area contributed by atoms with E-state index in [2.05, 4.69) is 10.1 Å². The van der Waals surface area contributed by atoms with Gasteiger partial charge in [-0.25, -0.2) is 19.4 Å². The molecule has 0 saturated heterocycles. The van der Waals surface area contributed by atoms with Crippen LogP contribution < -0.4 is 0 Å². The molecule has 0 atom stereocenters. The van der Waals surface area contributed by atoms with E-state index in [1.807, 2.05) is 49.7 Å². The van der Waals surface area contributed by atoms with Gasteiger partial charge < -0.3 is 4.74 Å². The first-order valence-electron chi connectivity index (χ1n) is 9.15. The van der Waals surface area contributed by atoms with Crippen LogP contribution in [0.25, 0.3) is 22.3 Å². The van der Waals surface area contributed by atoms with Crippen LogP contribution in [-0.2, 0) is 17.7 Å². The second kappa shape index (κ2) is 7.90. The minimum absolute atomic E-state index is 0.314. The molecule has 1 aromatic carbocycles. The monoisotopic (exact) mass is 392 g/mol. The van der Waals surface area contributed by atoms with Crippen LogP contribution in [0.4, 0.5) is 0 Å². The number of thiazole rings is 1. The first-order valence-corrected chi connectivity index (χ1v) is 10.0. The van der Waals surface area contributed by atoms with Gasteiger partial charge in [0.05, 0.1) is 40.7 Å². The molecule has 4 aromatic rings. The minimum Gasteiger partial charge on any atom is -0.462 e. The molecule has 0 unspecified atom stereocenters. The van der Waals surface area contributed by atoms with Gasteiger partial charge in [-0.1, -0.05) is 30.3 Å². The standard InChI is InChI=1S/C21H20N4O2S/c1-3-25-20-17(12-23-25)16(11-18(24-20)15-7-5-4-6-8-15)21(26)27-10-9-19-14(2)22-13-28-19/h4-8,11-13H,3,9-10H2,1-2H3. The number of aromatic nitrogens is 4. The van der Waals surface area contributed by atoms with E-state index in [1.165, 1.54) is 0 Å². The second-order valence-corrected chi connectivity index (χ2v) is 7.30. The zero-order chi connectivity index (χ0) is 19.5. The molecule has 4 rings (SSSR count). The molecular formula is C21H20N4O2S. The average molecular weight is 392 g/mol. The Labute approximate surface area is 166 Å². The maximum atomic E-state index is 12.9. The van der Waals surface area contributed by atoms with Gasteiger partial charge in [0.1, 0.15) is 0 Å². The van der Waals surface area contributed by atoms with Gasteiger partial charge in [-0.15, -0.1) is 11.3 Å². The number of hydrogen-bond donors (Lipinski definition) is 0. The number of hydrogen-bond acceptors (Lipinski definition) is 6. The Balaban J connectivity index is 1.65. The summed E-state index contributed by atoms with van der Waals surface area (Å²) < 4.78 is 7.36. The smallest absolute Gasteiger partial charge is 0.339 e. The van der Waals surface area contributed by atoms with E-state index in [0.29, 0.717) is 36.2 Å². The summed E-state index contributed by atoms with van der Waals surface area (Å²) in [4.78, 5) is 23.0. The predicted molar refractivity (Wildman–Crippen MR) is 109 cm³/mol. The zero-order valence-electron chi connectivity index (χ0n) is 15.8. The van der Waals surface area contributed by atoms with Crippen molar-refractivity contribution in [1.29, 1.82) is 0 Å². The fourth-order valence-electron chi connectivity index (χ4n) is 3.09. The lowest BCUT2D eigenvalue weighted by molar-refractivity contribution is 0.0512. The van der Waals surface area contributed by atoms with E-state index in [0.717, 1.165) is 21.8 Å². The van der Waals surface area contributed by atoms with Crippen LogP contribution in [0.2, 0.25) is 0 Å². The molecule has 28 heavy (non-hydrogen) atoms. The van der Waals surface area contributed by atoms with Crippen molar-refractivity contribution >= 4 is 28.3 Å². The zero-order valence-corrected chi connectivity index (χ0v) is 16.6. The van der Waals surface area contributed by atoms with E-state index in [1.54, 1.807) is 28.3 Å². The second-order valence-electron chi connectivity index (χ2n) is 6.37. The number of ether oxygens (including phenoxy) is 1. The maximum absolute atomic E-state index is 12.9. The first-order chi connectivity index (χ1) is 13.7. The molecule has 0 fully saturated rings. The van der Waals surface area contributed by atoms with E-state index in [4.69, 9.17) is 9.72 Å². The number of benzene rings is 1. The Morgan fingerprint density at radius 1 is 1.25 bits per heavy atom. The molecule has 0 spiro atoms. The normalized spacial score (nSPS) is 11.1. The van der Waals surface area contributed by atoms with Crippen molar-refractivity contribution in [1.82, 2.24) is 19.7 Å². The minimum atomic E-state index is -0.359. The highest BCUT2D eigenvalue weighted by Gasteiger charge is 2.18. The lowest BCUT2D eigenvalue weighted by Crippen LogP contribution is -2.10. The summed E-state index contributed by atoms with van der Waals surface area (Å²) in [5, 5.41) is 5.07. The largest absolute Gasteiger partial charge is 0.462 e. The van der Waals surface area contributed by atoms with Crippen molar-refractivity contribution in [3.63, 3.8) is 0 Å². The summed E-state index contributed by atoms with van der Waals surface area (Å²) in [5.74, 6) is -0.359. The summed E-state index contributed by atoms with van der Waals surface area (Å²) >= 11 is 1.58. The van der Waals surface area contributed by atoms with Crippen molar-refractivity contribution in [2.75, 3.05) is 6.61 Å². The highest BCUT2D eigenvalue weighted by atomic mass is 32.1. The highest BCUT2D eigenvalue weighted by Crippen LogP contribution is 2.25. The van der Waals surface area contributed by atoms with Gasteiger partial charge in [-0.3, -0.25) is 0 Å². The number of pyridine rings is 1. The Morgan fingerprint density at radius 3 is 2.79 bits per heavy atom. The number of rotatable bonds is 6. The van der Waals surface area contributed by atoms with Crippen molar-refractivity contribution < 1.29 is 9.53 Å². The molecule has 7 heteroatoms. The maximum Gasteiger partial charge on any atom is 0.339 e. The molecule has 6 nitrogen and oxygen atoms in total. The summed E-state index contributed by atoms with van der Waals surface area (Å²) in [7, 11) is 0. The summed E-state index contributed by atoms with van der Waals surface area (Å²) in [6, 6.07) is 11.6. The van der Waals surface area contributed by atoms with E-state index < -0.39 is 0 Å². The summed E-state index contributed by atoms with van der Waals surface area (Å²) in [6.45, 7) is 4.95. The molecule has 0 aliphatic rings. The number of esters is 1. The SMILES string of the molecule is CCn1ncc2c(C(=O)OCCc3scnc3C)cc(-c3ccccc3)nc21. The Morgan fingerprint density at radius 2 is 2.07 bits per heavy atom. The fraction of sp³-hybridized carbons (Fsp3) is 0.238. The number of carbonyl (C=O) groups is 1. The predicted octanol–water partition coefficient (Wildman–Crippen LogP) is 4.28. The van der Waals surface area contributed by atoms with Crippen LogP contribution in [0.15, 0.2) is 48.1 Å². The number of carbonyl (C=O) groups excluding carboxylic acids is 1. The molecule has 0 amide bonds. The van der Waals surface area contributed by atoms with E-state index in [-0.39, 0.29) is 5.97 Å². The Bertz CT molecular complexity index is 1120. The molecule has 0 bridgehead atoms. The molecule has 3 aromatic heterocycles. The van der Waals surface area contributed by atoms with E-state index in [9.17, 15) is 4.79 Å². The summed E-state index contributed by atoms with van der Waals surface area (Å²) in [5.41, 5.74) is 5.65. The van der Waals surface area contributed by atoms with Crippen molar-refractivity contribution in [3.05, 3.63) is 64.2 Å². The van der Waals surface area contributed by atoms with Crippen LogP contribution in [0.1, 0.15) is 27.9 Å². The molecule has 0 aliphatic carbocycles. The molecule has 142 valence electrons. The van der Waals surface area contributed by atoms with Crippen LogP contribution in [-0.4, -0.2) is 32.3 Å². The summed E-state index contributed by atoms with van der Waals surface area (Å²) in [6.07, 6.45) is 2.35. The van der Waals surface area contributed by atoms with Crippen molar-refractivity contribution in [2.45, 2.75) is 26.8 Å². The number of aryl methyl sites for hydroxylation is 2. The van der Waals surface area contributed by atoms with Gasteiger partial charge in [-0.05, 0) is 19.9 Å². The Kier molecular flexibility index (Phi) is 5.16. The van der Waals surface area contributed by atoms with E-state index >= 15 is 0 Å². The molecule has 0 saturated carbocycles. The third-order valence-corrected chi connectivity index (χ3v) is 5.60. The van der Waals surface area contributed by atoms with Gasteiger partial charge in [0.25, 0.3) is 0 Å². The van der Waals surface area contributed by atoms with Gasteiger partial charge in [-0.2, -0.15) is 5.10 Å². The number of nitrogens with zero attached hydrogens (tertiary/aromatic N) is 4. The van der Waals surface area contributed by atoms with Crippen LogP contribution >= 0.6 is 11.3 Å². The topological polar surface area (TPSA) is 69.9 Å². The van der Waals surface area contributed by atoms with Gasteiger partial charge >= 0.3 is 5.97 Å². The van der Waals surface area contributed by atoms with Crippen LogP contribution in [0.5, 0.6) is 0 Å². The lowest BCUT2D eigenvalue weighted by atomic mass is 10.1. The third-order valence-electron chi connectivity index (χ3n) is 4.61. The number of fused-ring (bicyclic) bond motifs is 1. The van der Waals surface area contributed by atoms with Crippen LogP contribution in [0.3, 0.4) is 0 Å². The molecule has 0 aliphatic heterocycles. The third kappa shape index (κ3) is 3.53. The highest BCUT2D eigenvalue weighted by molar-refractivity contribution is 7.09. The fourth-order valence-corrected chi connectivity index (χ4v) is 3.85. The van der Waals surface area contributed by atoms with Gasteiger partial charge in [0.2, 0.25) is 0 Å². The van der Waals surface area contributed by atoms with Crippen molar-refractivity contribution in [2.24, 2.45) is 0 Å². The van der Waals surface area contributed by atoms with Gasteiger partial charge in [0.15, 0.2) is 5.65 Å². The quantitative estimate of drug-likeness (QED) is 0.458. The van der Waals surface area contributed by atoms with Crippen molar-refractivity contribution in [3.8, 4) is 11.3 Å². The molecule has 0 radical (unpaired) electrons. The van der Waals surface area contributed by atoms with Gasteiger partial charge in [0, 0.05) is 23.4 Å². The first kappa shape index (κ1) is 18.3. The molecular weight excluding hydrogens is 372 g/mol. The lowest BCUT2D eigenvalue weighted by Gasteiger charge is -2.09. The Hall–Kier alpha value is -3.06.